The van der Waals surface area contributed by atoms with Crippen LogP contribution < -0.4 is 5.73 Å². The molecule has 0 radical (unpaired) electrons. The summed E-state index contributed by atoms with van der Waals surface area (Å²) in [5.41, 5.74) is 5.38. The molecule has 1 rings (SSSR count). The highest BCUT2D eigenvalue weighted by Gasteiger charge is 2.45. The van der Waals surface area contributed by atoms with Gasteiger partial charge in [0.15, 0.2) is 0 Å². The number of nitrogens with two attached hydrogens (primary N) is 1. The summed E-state index contributed by atoms with van der Waals surface area (Å²) in [6.45, 7) is 0.593. The second-order valence-electron chi connectivity index (χ2n) is 2.34. The van der Waals surface area contributed by atoms with Gasteiger partial charge in [-0.3, -0.25) is 4.21 Å². The Hall–Kier alpha value is 0.110. The summed E-state index contributed by atoms with van der Waals surface area (Å²) >= 11 is 0. The van der Waals surface area contributed by atoms with Crippen LogP contribution in [0.15, 0.2) is 0 Å². The van der Waals surface area contributed by atoms with Crippen molar-refractivity contribution in [3.63, 3.8) is 0 Å². The van der Waals surface area contributed by atoms with Gasteiger partial charge in [-0.25, -0.2) is 0 Å². The van der Waals surface area contributed by atoms with Gasteiger partial charge in [-0.2, -0.15) is 0 Å². The van der Waals surface area contributed by atoms with E-state index in [-0.39, 0.29) is 4.75 Å². The molecule has 1 saturated carbocycles. The van der Waals surface area contributed by atoms with Gasteiger partial charge in [-0.15, -0.1) is 0 Å². The molecule has 0 amide bonds. The Morgan fingerprint density at radius 3 is 2.25 bits per heavy atom. The molecule has 0 aromatic rings. The monoisotopic (exact) mass is 133 g/mol. The fourth-order valence-electron chi connectivity index (χ4n) is 0.748. The average molecular weight is 133 g/mol. The first-order chi connectivity index (χ1) is 3.71. The van der Waals surface area contributed by atoms with Gasteiger partial charge in [0.2, 0.25) is 0 Å². The summed E-state index contributed by atoms with van der Waals surface area (Å²) < 4.78 is 10.8. The van der Waals surface area contributed by atoms with Crippen LogP contribution in [-0.4, -0.2) is 21.8 Å². The van der Waals surface area contributed by atoms with Crippen LogP contribution >= 0.6 is 0 Å². The van der Waals surface area contributed by atoms with Crippen LogP contribution in [0.4, 0.5) is 0 Å². The first-order valence-corrected chi connectivity index (χ1v) is 4.31. The van der Waals surface area contributed by atoms with Gasteiger partial charge in [-0.05, 0) is 12.8 Å². The predicted molar refractivity (Wildman–Crippen MR) is 35.1 cm³/mol. The van der Waals surface area contributed by atoms with Crippen molar-refractivity contribution in [3.8, 4) is 0 Å². The summed E-state index contributed by atoms with van der Waals surface area (Å²) in [5.74, 6) is 0. The van der Waals surface area contributed by atoms with Crippen LogP contribution in [0.1, 0.15) is 12.8 Å². The average Bonchev–Trinajstić information content (AvgIpc) is 2.44. The molecule has 0 heterocycles. The fraction of sp³-hybridized carbons (Fsp3) is 1.00. The van der Waals surface area contributed by atoms with E-state index in [0.717, 1.165) is 12.8 Å². The Balaban J connectivity index is 2.53. The van der Waals surface area contributed by atoms with Crippen LogP contribution in [0.2, 0.25) is 0 Å². The summed E-state index contributed by atoms with van der Waals surface area (Å²) in [6, 6.07) is 0. The van der Waals surface area contributed by atoms with Crippen molar-refractivity contribution in [2.24, 2.45) is 5.73 Å². The topological polar surface area (TPSA) is 43.1 Å². The van der Waals surface area contributed by atoms with E-state index < -0.39 is 10.8 Å². The smallest absolute Gasteiger partial charge is 0.0579 e. The maximum Gasteiger partial charge on any atom is 0.0579 e. The van der Waals surface area contributed by atoms with Crippen molar-refractivity contribution in [1.82, 2.24) is 0 Å². The largest absolute Gasteiger partial charge is 0.329 e. The molecule has 1 aliphatic carbocycles. The molecule has 1 unspecified atom stereocenters. The molecule has 0 spiro atoms. The lowest BCUT2D eigenvalue weighted by Gasteiger charge is -2.05. The van der Waals surface area contributed by atoms with E-state index in [9.17, 15) is 4.21 Å². The van der Waals surface area contributed by atoms with E-state index in [0.29, 0.717) is 6.54 Å². The van der Waals surface area contributed by atoms with Crippen LogP contribution in [0.3, 0.4) is 0 Å². The Bertz CT molecular complexity index is 120. The van der Waals surface area contributed by atoms with Gasteiger partial charge in [-0.1, -0.05) is 0 Å². The number of hydrogen-bond donors (Lipinski definition) is 1. The fourth-order valence-corrected chi connectivity index (χ4v) is 1.66. The van der Waals surface area contributed by atoms with Gasteiger partial charge in [0.25, 0.3) is 0 Å². The summed E-state index contributed by atoms with van der Waals surface area (Å²) in [7, 11) is -0.690. The lowest BCUT2D eigenvalue weighted by molar-refractivity contribution is 0.672. The highest BCUT2D eigenvalue weighted by molar-refractivity contribution is 7.86. The molecule has 0 aliphatic heterocycles. The molecule has 1 aliphatic rings. The van der Waals surface area contributed by atoms with Crippen molar-refractivity contribution in [2.75, 3.05) is 12.8 Å². The molecule has 3 heteroatoms. The predicted octanol–water partition coefficient (Wildman–Crippen LogP) is -0.144. The molecule has 0 bridgehead atoms. The normalized spacial score (nSPS) is 27.2. The first kappa shape index (κ1) is 6.23. The lowest BCUT2D eigenvalue weighted by Crippen LogP contribution is -2.26. The second-order valence-corrected chi connectivity index (χ2v) is 4.12. The minimum absolute atomic E-state index is 0.0417. The van der Waals surface area contributed by atoms with Crippen LogP contribution in [0, 0.1) is 0 Å². The van der Waals surface area contributed by atoms with Crippen molar-refractivity contribution >= 4 is 10.8 Å². The van der Waals surface area contributed by atoms with Crippen LogP contribution in [0.5, 0.6) is 0 Å². The number of rotatable bonds is 2. The Kier molecular flexibility index (Phi) is 1.41. The van der Waals surface area contributed by atoms with E-state index in [2.05, 4.69) is 0 Å². The van der Waals surface area contributed by atoms with E-state index in [4.69, 9.17) is 5.73 Å². The van der Waals surface area contributed by atoms with Crippen molar-refractivity contribution in [3.05, 3.63) is 0 Å². The first-order valence-electron chi connectivity index (χ1n) is 2.75. The van der Waals surface area contributed by atoms with E-state index in [1.807, 2.05) is 0 Å². The lowest BCUT2D eigenvalue weighted by atomic mass is 10.4. The third kappa shape index (κ3) is 0.801. The maximum atomic E-state index is 10.8. The van der Waals surface area contributed by atoms with Crippen molar-refractivity contribution in [1.29, 1.82) is 0 Å². The SMILES string of the molecule is CS(=O)C1(CN)CC1. The summed E-state index contributed by atoms with van der Waals surface area (Å²) in [4.78, 5) is 0. The maximum absolute atomic E-state index is 10.8. The van der Waals surface area contributed by atoms with Crippen LogP contribution in [0.25, 0.3) is 0 Å². The second kappa shape index (κ2) is 1.81. The van der Waals surface area contributed by atoms with Gasteiger partial charge in [0, 0.05) is 23.6 Å². The summed E-state index contributed by atoms with van der Waals surface area (Å²) in [5, 5.41) is 0. The third-order valence-corrected chi connectivity index (χ3v) is 3.58. The summed E-state index contributed by atoms with van der Waals surface area (Å²) in [6.07, 6.45) is 3.86. The van der Waals surface area contributed by atoms with Crippen molar-refractivity contribution < 1.29 is 4.21 Å². The molecule has 0 aromatic heterocycles. The zero-order valence-electron chi connectivity index (χ0n) is 5.02. The van der Waals surface area contributed by atoms with Gasteiger partial charge in [0.05, 0.1) is 4.75 Å². The van der Waals surface area contributed by atoms with Crippen molar-refractivity contribution in [2.45, 2.75) is 17.6 Å². The molecule has 48 valence electrons. The molecule has 8 heavy (non-hydrogen) atoms. The molecule has 0 saturated heterocycles. The quantitative estimate of drug-likeness (QED) is 0.569. The van der Waals surface area contributed by atoms with Gasteiger partial charge >= 0.3 is 0 Å². The Morgan fingerprint density at radius 1 is 1.75 bits per heavy atom. The van der Waals surface area contributed by atoms with Gasteiger partial charge < -0.3 is 5.73 Å². The van der Waals surface area contributed by atoms with E-state index >= 15 is 0 Å². The molecule has 2 nitrogen and oxygen atoms in total. The Labute approximate surface area is 51.9 Å². The molecule has 1 fully saturated rings. The molecule has 0 aromatic carbocycles. The minimum Gasteiger partial charge on any atom is -0.329 e. The zero-order chi connectivity index (χ0) is 6.20. The number of hydrogen-bond acceptors (Lipinski definition) is 2. The molecular formula is C5H11NOS. The minimum atomic E-state index is -0.690. The van der Waals surface area contributed by atoms with Gasteiger partial charge in [0.1, 0.15) is 0 Å². The molecule has 2 N–H and O–H groups in total. The highest BCUT2D eigenvalue weighted by atomic mass is 32.2. The standard InChI is InChI=1S/C5H11NOS/c1-8(7)5(4-6)2-3-5/h2-4,6H2,1H3. The zero-order valence-corrected chi connectivity index (χ0v) is 5.83. The third-order valence-electron chi connectivity index (χ3n) is 1.79. The molecular weight excluding hydrogens is 122 g/mol. The van der Waals surface area contributed by atoms with Crippen LogP contribution in [-0.2, 0) is 10.8 Å². The molecule has 1 atom stereocenters. The highest BCUT2D eigenvalue weighted by Crippen LogP contribution is 2.39. The van der Waals surface area contributed by atoms with E-state index in [1.54, 1.807) is 6.26 Å². The Morgan fingerprint density at radius 2 is 2.25 bits per heavy atom. The van der Waals surface area contributed by atoms with E-state index in [1.165, 1.54) is 0 Å².